The summed E-state index contributed by atoms with van der Waals surface area (Å²) < 4.78 is 5.11. The molecule has 2 N–H and O–H groups in total. The van der Waals surface area contributed by atoms with Gasteiger partial charge in [0.25, 0.3) is 0 Å². The SMILES string of the molecule is COc1ccc(C(C)C(C)C(N)=S)cc1Cl. The standard InChI is InChI=1S/C12H16ClNOS/c1-7(8(2)12(14)16)9-4-5-11(15-3)10(13)6-9/h4-8H,1-3H3,(H2,14,16). The Kier molecular flexibility index (Phi) is 4.56. The molecule has 0 aliphatic carbocycles. The minimum atomic E-state index is 0.152. The van der Waals surface area contributed by atoms with Gasteiger partial charge in [0, 0.05) is 5.92 Å². The van der Waals surface area contributed by atoms with E-state index in [1.54, 1.807) is 7.11 Å². The smallest absolute Gasteiger partial charge is 0.137 e. The minimum absolute atomic E-state index is 0.152. The van der Waals surface area contributed by atoms with E-state index < -0.39 is 0 Å². The van der Waals surface area contributed by atoms with E-state index in [0.29, 0.717) is 15.8 Å². The van der Waals surface area contributed by atoms with Crippen LogP contribution < -0.4 is 10.5 Å². The summed E-state index contributed by atoms with van der Waals surface area (Å²) in [6.07, 6.45) is 0. The maximum absolute atomic E-state index is 6.07. The molecular formula is C12H16ClNOS. The number of halogens is 1. The topological polar surface area (TPSA) is 35.2 Å². The Balaban J connectivity index is 2.97. The molecule has 0 bridgehead atoms. The van der Waals surface area contributed by atoms with E-state index in [1.165, 1.54) is 0 Å². The van der Waals surface area contributed by atoms with Gasteiger partial charge in [0.15, 0.2) is 0 Å². The van der Waals surface area contributed by atoms with Gasteiger partial charge in [-0.05, 0) is 23.6 Å². The van der Waals surface area contributed by atoms with Crippen LogP contribution in [0.25, 0.3) is 0 Å². The Morgan fingerprint density at radius 3 is 2.50 bits per heavy atom. The zero-order valence-electron chi connectivity index (χ0n) is 9.66. The molecule has 16 heavy (non-hydrogen) atoms. The molecule has 0 saturated carbocycles. The lowest BCUT2D eigenvalue weighted by atomic mass is 9.89. The Morgan fingerprint density at radius 1 is 1.44 bits per heavy atom. The molecule has 0 saturated heterocycles. The summed E-state index contributed by atoms with van der Waals surface area (Å²) in [6, 6.07) is 5.75. The van der Waals surface area contributed by atoms with Crippen molar-refractivity contribution in [3.63, 3.8) is 0 Å². The number of hydrogen-bond acceptors (Lipinski definition) is 2. The van der Waals surface area contributed by atoms with Gasteiger partial charge in [-0.25, -0.2) is 0 Å². The highest BCUT2D eigenvalue weighted by molar-refractivity contribution is 7.80. The van der Waals surface area contributed by atoms with Gasteiger partial charge in [-0.2, -0.15) is 0 Å². The first-order valence-corrected chi connectivity index (χ1v) is 5.88. The van der Waals surface area contributed by atoms with Crippen molar-refractivity contribution >= 4 is 28.8 Å². The molecule has 0 aromatic heterocycles. The van der Waals surface area contributed by atoms with Crippen molar-refractivity contribution in [1.29, 1.82) is 0 Å². The molecule has 1 aromatic rings. The molecule has 0 aliphatic rings. The molecule has 4 heteroatoms. The van der Waals surface area contributed by atoms with Crippen LogP contribution in [-0.2, 0) is 0 Å². The van der Waals surface area contributed by atoms with E-state index in [4.69, 9.17) is 34.3 Å². The molecule has 1 rings (SSSR count). The molecule has 0 heterocycles. The van der Waals surface area contributed by atoms with Gasteiger partial charge in [-0.3, -0.25) is 0 Å². The van der Waals surface area contributed by atoms with Crippen LogP contribution in [0, 0.1) is 5.92 Å². The predicted molar refractivity (Wildman–Crippen MR) is 72.4 cm³/mol. The highest BCUT2D eigenvalue weighted by Crippen LogP contribution is 2.31. The van der Waals surface area contributed by atoms with Crippen molar-refractivity contribution in [2.24, 2.45) is 11.7 Å². The van der Waals surface area contributed by atoms with Crippen LogP contribution >= 0.6 is 23.8 Å². The Labute approximate surface area is 107 Å². The maximum atomic E-state index is 6.07. The van der Waals surface area contributed by atoms with Gasteiger partial charge in [0.05, 0.1) is 17.1 Å². The first-order chi connectivity index (χ1) is 7.47. The van der Waals surface area contributed by atoms with E-state index in [9.17, 15) is 0 Å². The Morgan fingerprint density at radius 2 is 2.06 bits per heavy atom. The fourth-order valence-corrected chi connectivity index (χ4v) is 1.97. The van der Waals surface area contributed by atoms with Crippen LogP contribution in [0.15, 0.2) is 18.2 Å². The largest absolute Gasteiger partial charge is 0.495 e. The van der Waals surface area contributed by atoms with Crippen molar-refractivity contribution in [3.8, 4) is 5.75 Å². The third kappa shape index (κ3) is 2.86. The average molecular weight is 258 g/mol. The predicted octanol–water partition coefficient (Wildman–Crippen LogP) is 3.37. The maximum Gasteiger partial charge on any atom is 0.137 e. The summed E-state index contributed by atoms with van der Waals surface area (Å²) in [4.78, 5) is 0.527. The minimum Gasteiger partial charge on any atom is -0.495 e. The summed E-state index contributed by atoms with van der Waals surface area (Å²) in [7, 11) is 1.60. The highest BCUT2D eigenvalue weighted by Gasteiger charge is 2.17. The van der Waals surface area contributed by atoms with Crippen LogP contribution in [0.5, 0.6) is 5.75 Å². The number of methoxy groups -OCH3 is 1. The second-order valence-corrected chi connectivity index (χ2v) is 4.75. The van der Waals surface area contributed by atoms with Crippen LogP contribution in [0.4, 0.5) is 0 Å². The number of benzene rings is 1. The molecular weight excluding hydrogens is 242 g/mol. The molecule has 0 radical (unpaired) electrons. The first kappa shape index (κ1) is 13.3. The normalized spacial score (nSPS) is 14.2. The van der Waals surface area contributed by atoms with Gasteiger partial charge in [-0.15, -0.1) is 0 Å². The summed E-state index contributed by atoms with van der Waals surface area (Å²) in [5, 5.41) is 0.613. The zero-order chi connectivity index (χ0) is 12.3. The second kappa shape index (κ2) is 5.51. The number of nitrogens with two attached hydrogens (primary N) is 1. The van der Waals surface area contributed by atoms with Crippen LogP contribution in [0.2, 0.25) is 5.02 Å². The number of ether oxygens (including phenoxy) is 1. The molecule has 0 aliphatic heterocycles. The molecule has 2 nitrogen and oxygen atoms in total. The van der Waals surface area contributed by atoms with Crippen LogP contribution in [0.3, 0.4) is 0 Å². The van der Waals surface area contributed by atoms with Gasteiger partial charge >= 0.3 is 0 Å². The number of thiocarbonyl (C=S) groups is 1. The summed E-state index contributed by atoms with van der Waals surface area (Å²) >= 11 is 11.1. The summed E-state index contributed by atoms with van der Waals surface area (Å²) in [5.41, 5.74) is 6.76. The van der Waals surface area contributed by atoms with E-state index in [0.717, 1.165) is 5.56 Å². The molecule has 1 aromatic carbocycles. The van der Waals surface area contributed by atoms with Gasteiger partial charge in [0.2, 0.25) is 0 Å². The fraction of sp³-hybridized carbons (Fsp3) is 0.417. The van der Waals surface area contributed by atoms with Crippen LogP contribution in [0.1, 0.15) is 25.3 Å². The lowest BCUT2D eigenvalue weighted by molar-refractivity contribution is 0.414. The molecule has 88 valence electrons. The third-order valence-corrected chi connectivity index (χ3v) is 3.57. The molecule has 2 unspecified atom stereocenters. The van der Waals surface area contributed by atoms with Crippen molar-refractivity contribution in [2.75, 3.05) is 7.11 Å². The van der Waals surface area contributed by atoms with E-state index in [2.05, 4.69) is 6.92 Å². The van der Waals surface area contributed by atoms with Crippen molar-refractivity contribution < 1.29 is 4.74 Å². The number of rotatable bonds is 4. The summed E-state index contributed by atoms with van der Waals surface area (Å²) in [5.74, 6) is 1.08. The van der Waals surface area contributed by atoms with Crippen molar-refractivity contribution in [3.05, 3.63) is 28.8 Å². The fourth-order valence-electron chi connectivity index (χ4n) is 1.50. The molecule has 0 spiro atoms. The zero-order valence-corrected chi connectivity index (χ0v) is 11.2. The third-order valence-electron chi connectivity index (χ3n) is 2.90. The molecule has 0 fully saturated rings. The van der Waals surface area contributed by atoms with Crippen LogP contribution in [-0.4, -0.2) is 12.1 Å². The number of hydrogen-bond donors (Lipinski definition) is 1. The Hall–Kier alpha value is -0.800. The van der Waals surface area contributed by atoms with Gasteiger partial charge in [0.1, 0.15) is 5.75 Å². The lowest BCUT2D eigenvalue weighted by Gasteiger charge is -2.19. The second-order valence-electron chi connectivity index (χ2n) is 3.87. The van der Waals surface area contributed by atoms with E-state index in [1.807, 2.05) is 25.1 Å². The Bertz CT molecular complexity index is 395. The summed E-state index contributed by atoms with van der Waals surface area (Å²) in [6.45, 7) is 4.10. The van der Waals surface area contributed by atoms with E-state index >= 15 is 0 Å². The van der Waals surface area contributed by atoms with Crippen molar-refractivity contribution in [1.82, 2.24) is 0 Å². The van der Waals surface area contributed by atoms with Crippen molar-refractivity contribution in [2.45, 2.75) is 19.8 Å². The average Bonchev–Trinajstić information content (AvgIpc) is 2.26. The quantitative estimate of drug-likeness (QED) is 0.840. The first-order valence-electron chi connectivity index (χ1n) is 5.10. The monoisotopic (exact) mass is 257 g/mol. The lowest BCUT2D eigenvalue weighted by Crippen LogP contribution is -2.23. The molecule has 2 atom stereocenters. The highest BCUT2D eigenvalue weighted by atomic mass is 35.5. The van der Waals surface area contributed by atoms with Gasteiger partial charge < -0.3 is 10.5 Å². The van der Waals surface area contributed by atoms with E-state index in [-0.39, 0.29) is 11.8 Å². The molecule has 0 amide bonds. The van der Waals surface area contributed by atoms with Gasteiger partial charge in [-0.1, -0.05) is 43.7 Å².